The van der Waals surface area contributed by atoms with Crippen LogP contribution in [0.2, 0.25) is 0 Å². The average molecular weight is 1830 g/mol. The van der Waals surface area contributed by atoms with Crippen molar-refractivity contribution < 1.29 is 37.9 Å². The van der Waals surface area contributed by atoms with Crippen molar-refractivity contribution in [3.63, 3.8) is 0 Å². The molecule has 6 aromatic rings. The third kappa shape index (κ3) is 50.3. The highest BCUT2D eigenvalue weighted by atomic mass is 16.5. The van der Waals surface area contributed by atoms with E-state index >= 15 is 0 Å². The molecular weight excluding hydrogens is 1640 g/mol. The van der Waals surface area contributed by atoms with E-state index in [1.54, 1.807) is 12.4 Å². The van der Waals surface area contributed by atoms with Gasteiger partial charge in [0.2, 0.25) is 29.4 Å². The van der Waals surface area contributed by atoms with Crippen molar-refractivity contribution in [2.24, 2.45) is 27.1 Å². The van der Waals surface area contributed by atoms with Crippen LogP contribution in [0.25, 0.3) is 0 Å². The zero-order valence-electron chi connectivity index (χ0n) is 90.5. The first-order chi connectivity index (χ1) is 60.7. The van der Waals surface area contributed by atoms with Crippen LogP contribution in [0.5, 0.6) is 46.6 Å². The molecule has 0 amide bonds. The Bertz CT molecular complexity index is 3820. The smallest absolute Gasteiger partial charge is 0.213 e. The number of pyridine rings is 5. The standard InChI is InChI=1S/C20H33NO.2C19H32N2O.2C18H30N2O2.C17H28N2O.C2H6/c1-19(2,3)11-10-15-8-7-9-17(12-15)22-18-13-16(14-18)21-20(4,5)6;2*1-18(2,3)10-9-14-7-8-17(20-13-14)22-16-11-15(12-16)21-19(4,5)6;2*1-17(2,3)12-21-14-7-8-16(19-11-14)22-15-9-13(10-15)20-18(4,5)6;1-16(2,3)12-7-8-18-15(9-12)20-14-10-13(11-14)19-17(4,5)6;1-2/h7-9,12,16,18,21H,10-11,13-14H2,1-6H3;2*7-8,13,15-16,21H,9-12H2,1-6H3;2*7-8,11,13,15,20H,9-10,12H2,1-6H3;7-9,13-14,19H,10-11H2,1-6H3;1-2H3. The van der Waals surface area contributed by atoms with Crippen LogP contribution in [-0.2, 0) is 24.7 Å². The van der Waals surface area contributed by atoms with Crippen LogP contribution in [-0.4, -0.2) is 144 Å². The summed E-state index contributed by atoms with van der Waals surface area (Å²) in [4.78, 5) is 21.9. The number of rotatable bonds is 28. The van der Waals surface area contributed by atoms with Gasteiger partial charge in [-0.05, 0) is 325 Å². The molecule has 1 aromatic carbocycles. The van der Waals surface area contributed by atoms with E-state index in [9.17, 15) is 0 Å². The number of aryl methyl sites for hydroxylation is 3. The molecule has 0 spiro atoms. The van der Waals surface area contributed by atoms with Crippen molar-refractivity contribution in [1.29, 1.82) is 0 Å². The highest BCUT2D eigenvalue weighted by Crippen LogP contribution is 2.37. The van der Waals surface area contributed by atoms with Crippen molar-refractivity contribution in [2.75, 3.05) is 13.2 Å². The zero-order chi connectivity index (χ0) is 98.9. The van der Waals surface area contributed by atoms with Gasteiger partial charge < -0.3 is 69.8 Å². The number of aromatic nitrogens is 5. The van der Waals surface area contributed by atoms with Crippen LogP contribution in [0, 0.1) is 27.1 Å². The Balaban J connectivity index is 0.000000243. The molecule has 19 nitrogen and oxygen atoms in total. The number of benzene rings is 1. The summed E-state index contributed by atoms with van der Waals surface area (Å²) < 4.78 is 47.2. The fourth-order valence-electron chi connectivity index (χ4n) is 15.6. The Labute approximate surface area is 805 Å². The fraction of sp³-hybridized carbons (Fsp3) is 0.726. The van der Waals surface area contributed by atoms with Gasteiger partial charge in [-0.15, -0.1) is 0 Å². The van der Waals surface area contributed by atoms with Crippen LogP contribution in [0.15, 0.2) is 116 Å². The number of nitrogens with zero attached hydrogens (tertiary/aromatic N) is 5. The van der Waals surface area contributed by atoms with Crippen molar-refractivity contribution in [3.05, 3.63) is 138 Å². The molecule has 6 saturated carbocycles. The third-order valence-electron chi connectivity index (χ3n) is 22.5. The largest absolute Gasteiger partial charge is 0.491 e. The van der Waals surface area contributed by atoms with Gasteiger partial charge in [-0.2, -0.15) is 0 Å². The summed E-state index contributed by atoms with van der Waals surface area (Å²) in [6.45, 7) is 85.1. The Morgan fingerprint density at radius 2 is 0.523 bits per heavy atom. The molecule has 0 aliphatic heterocycles. The summed E-state index contributed by atoms with van der Waals surface area (Å²) in [5.41, 5.74) is 7.88. The molecule has 6 aliphatic carbocycles. The molecular formula is C113H191N11O8. The van der Waals surface area contributed by atoms with Gasteiger partial charge in [0.15, 0.2) is 0 Å². The van der Waals surface area contributed by atoms with Crippen molar-refractivity contribution in [1.82, 2.24) is 56.8 Å². The van der Waals surface area contributed by atoms with Gasteiger partial charge in [0, 0.05) is 118 Å². The van der Waals surface area contributed by atoms with Crippen LogP contribution in [0.4, 0.5) is 0 Å². The Morgan fingerprint density at radius 3 is 0.765 bits per heavy atom. The minimum atomic E-state index is 0.136. The van der Waals surface area contributed by atoms with Gasteiger partial charge in [0.1, 0.15) is 53.9 Å². The number of nitrogens with one attached hydrogen (secondary N) is 6. The second kappa shape index (κ2) is 49.4. The van der Waals surface area contributed by atoms with E-state index in [-0.39, 0.29) is 61.7 Å². The molecule has 746 valence electrons. The lowest BCUT2D eigenvalue weighted by molar-refractivity contribution is 0.0689. The molecule has 0 bridgehead atoms. The summed E-state index contributed by atoms with van der Waals surface area (Å²) in [7, 11) is 0. The van der Waals surface area contributed by atoms with E-state index in [1.807, 2.05) is 68.8 Å². The first-order valence-electron chi connectivity index (χ1n) is 50.5. The fourth-order valence-corrected chi connectivity index (χ4v) is 15.6. The topological polar surface area (TPSA) is 210 Å². The van der Waals surface area contributed by atoms with Gasteiger partial charge >= 0.3 is 0 Å². The van der Waals surface area contributed by atoms with Crippen LogP contribution < -0.4 is 69.8 Å². The van der Waals surface area contributed by atoms with Crippen molar-refractivity contribution in [3.8, 4) is 46.6 Å². The lowest BCUT2D eigenvalue weighted by Gasteiger charge is -2.40. The lowest BCUT2D eigenvalue weighted by Crippen LogP contribution is -2.53. The normalized spacial score (nSPS) is 22.1. The minimum Gasteiger partial charge on any atom is -0.491 e. The molecule has 19 heteroatoms. The predicted octanol–water partition coefficient (Wildman–Crippen LogP) is 26.0. The molecule has 0 unspecified atom stereocenters. The highest BCUT2D eigenvalue weighted by Gasteiger charge is 2.39. The maximum absolute atomic E-state index is 6.13. The summed E-state index contributed by atoms with van der Waals surface area (Å²) in [5.74, 6) is 6.27. The van der Waals surface area contributed by atoms with Crippen molar-refractivity contribution >= 4 is 0 Å². The number of hydrogen-bond acceptors (Lipinski definition) is 19. The molecule has 0 saturated heterocycles. The zero-order valence-corrected chi connectivity index (χ0v) is 90.5. The number of ether oxygens (including phenoxy) is 8. The van der Waals surface area contributed by atoms with E-state index in [0.717, 1.165) is 131 Å². The molecule has 6 aliphatic rings. The molecule has 6 N–H and O–H groups in total. The van der Waals surface area contributed by atoms with Crippen LogP contribution in [0.3, 0.4) is 0 Å². The monoisotopic (exact) mass is 1830 g/mol. The Kier molecular flexibility index (Phi) is 42.6. The first kappa shape index (κ1) is 114. The maximum atomic E-state index is 6.13. The second-order valence-corrected chi connectivity index (χ2v) is 51.6. The van der Waals surface area contributed by atoms with Gasteiger partial charge in [0.05, 0.1) is 25.6 Å². The average Bonchev–Trinajstić information content (AvgIpc) is 0.849. The molecule has 5 aromatic heterocycles. The summed E-state index contributed by atoms with van der Waals surface area (Å²) in [6, 6.07) is 32.2. The quantitative estimate of drug-likeness (QED) is 0.0270. The van der Waals surface area contributed by atoms with Gasteiger partial charge in [-0.3, -0.25) is 0 Å². The van der Waals surface area contributed by atoms with Gasteiger partial charge in [-0.1, -0.05) is 163 Å². The van der Waals surface area contributed by atoms with E-state index in [2.05, 4.69) is 355 Å². The molecule has 132 heavy (non-hydrogen) atoms. The highest BCUT2D eigenvalue weighted by molar-refractivity contribution is 5.31. The molecule has 5 heterocycles. The van der Waals surface area contributed by atoms with E-state index in [0.29, 0.717) is 102 Å². The van der Waals surface area contributed by atoms with E-state index < -0.39 is 0 Å². The lowest BCUT2D eigenvalue weighted by atomic mass is 9.87. The molecule has 0 radical (unpaired) electrons. The molecule has 6 fully saturated rings. The summed E-state index contributed by atoms with van der Waals surface area (Å²) >= 11 is 0. The predicted molar refractivity (Wildman–Crippen MR) is 553 cm³/mol. The Hall–Kier alpha value is -6.87. The molecule has 12 rings (SSSR count). The SMILES string of the molecule is CC.CC(C)(C)CCc1ccc(OC2CC(NC(C)(C)C)C2)nc1.CC(C)(C)CCc1ccc(OC2CC(NC(C)(C)C)C2)nc1.CC(C)(C)CCc1cccc(OC2CC(NC(C)(C)C)C2)c1.CC(C)(C)COc1ccc(OC2CC(NC(C)(C)C)C2)nc1.CC(C)(C)COc1ccc(OC2CC(NC(C)(C)C)C2)nc1.CC(C)(C)NC1CC(Oc2cc(C(C)(C)C)ccn2)C1. The van der Waals surface area contributed by atoms with Crippen LogP contribution in [0.1, 0.15) is 382 Å². The minimum absolute atomic E-state index is 0.136. The summed E-state index contributed by atoms with van der Waals surface area (Å²) in [6.07, 6.45) is 30.8. The maximum Gasteiger partial charge on any atom is 0.213 e. The van der Waals surface area contributed by atoms with E-state index in [4.69, 9.17) is 37.9 Å². The van der Waals surface area contributed by atoms with Gasteiger partial charge in [0.25, 0.3) is 0 Å². The number of hydrogen-bond donors (Lipinski definition) is 6. The first-order valence-corrected chi connectivity index (χ1v) is 50.5. The Morgan fingerprint density at radius 1 is 0.258 bits per heavy atom. The summed E-state index contributed by atoms with van der Waals surface area (Å²) in [5, 5.41) is 21.6. The van der Waals surface area contributed by atoms with Gasteiger partial charge in [-0.25, -0.2) is 24.9 Å². The second-order valence-electron chi connectivity index (χ2n) is 51.6. The van der Waals surface area contributed by atoms with Crippen molar-refractivity contribution in [2.45, 2.75) is 490 Å². The van der Waals surface area contributed by atoms with Crippen LogP contribution >= 0.6 is 0 Å². The molecule has 0 atom stereocenters. The third-order valence-corrected chi connectivity index (χ3v) is 22.5. The van der Waals surface area contributed by atoms with E-state index in [1.165, 1.54) is 41.5 Å².